The lowest BCUT2D eigenvalue weighted by Crippen LogP contribution is -2.12. The Labute approximate surface area is 90.6 Å². The lowest BCUT2D eigenvalue weighted by molar-refractivity contribution is 0.0995. The van der Waals surface area contributed by atoms with Crippen molar-refractivity contribution in [3.63, 3.8) is 0 Å². The first-order chi connectivity index (χ1) is 7.70. The van der Waals surface area contributed by atoms with Gasteiger partial charge >= 0.3 is 0 Å². The Kier molecular flexibility index (Phi) is 2.61. The number of carbonyl (C=O) groups is 1. The van der Waals surface area contributed by atoms with Gasteiger partial charge in [-0.3, -0.25) is 4.79 Å². The van der Waals surface area contributed by atoms with E-state index in [1.807, 2.05) is 0 Å². The van der Waals surface area contributed by atoms with Gasteiger partial charge in [0.15, 0.2) is 0 Å². The molecule has 0 fully saturated rings. The molecule has 0 aliphatic carbocycles. The smallest absolute Gasteiger partial charge is 0.269 e. The first kappa shape index (κ1) is 10.2. The molecular weight excluding hydrogens is 210 g/mol. The largest absolute Gasteiger partial charge is 0.392 e. The SMILES string of the molecule is NC(=O)c1ccn(-c2ncc(CO)cn2)n1. The van der Waals surface area contributed by atoms with Crippen molar-refractivity contribution in [3.05, 3.63) is 35.9 Å². The highest BCUT2D eigenvalue weighted by molar-refractivity contribution is 5.90. The molecule has 82 valence electrons. The van der Waals surface area contributed by atoms with Gasteiger partial charge in [-0.15, -0.1) is 0 Å². The van der Waals surface area contributed by atoms with E-state index in [0.29, 0.717) is 11.5 Å². The Hall–Kier alpha value is -2.28. The number of nitrogens with zero attached hydrogens (tertiary/aromatic N) is 4. The molecule has 1 amide bonds. The molecule has 2 aromatic rings. The number of aromatic nitrogens is 4. The zero-order valence-corrected chi connectivity index (χ0v) is 8.24. The van der Waals surface area contributed by atoms with Gasteiger partial charge in [-0.25, -0.2) is 14.6 Å². The molecule has 0 bridgehead atoms. The van der Waals surface area contributed by atoms with E-state index < -0.39 is 5.91 Å². The summed E-state index contributed by atoms with van der Waals surface area (Å²) in [6, 6.07) is 1.48. The van der Waals surface area contributed by atoms with Crippen molar-refractivity contribution in [2.75, 3.05) is 0 Å². The van der Waals surface area contributed by atoms with Crippen LogP contribution in [0.4, 0.5) is 0 Å². The number of primary amides is 1. The first-order valence-corrected chi connectivity index (χ1v) is 4.48. The molecule has 0 saturated carbocycles. The number of hydrogen-bond donors (Lipinski definition) is 2. The van der Waals surface area contributed by atoms with Crippen LogP contribution in [0, 0.1) is 0 Å². The van der Waals surface area contributed by atoms with Crippen molar-refractivity contribution < 1.29 is 9.90 Å². The minimum absolute atomic E-state index is 0.119. The summed E-state index contributed by atoms with van der Waals surface area (Å²) in [5, 5.41) is 12.7. The molecule has 0 radical (unpaired) electrons. The predicted molar refractivity (Wildman–Crippen MR) is 53.6 cm³/mol. The van der Waals surface area contributed by atoms with Gasteiger partial charge in [0.1, 0.15) is 5.69 Å². The van der Waals surface area contributed by atoms with E-state index in [9.17, 15) is 4.79 Å². The fourth-order valence-electron chi connectivity index (χ4n) is 1.11. The van der Waals surface area contributed by atoms with Crippen LogP contribution in [0.2, 0.25) is 0 Å². The van der Waals surface area contributed by atoms with Crippen molar-refractivity contribution in [3.8, 4) is 5.95 Å². The summed E-state index contributed by atoms with van der Waals surface area (Å²) in [6.07, 6.45) is 4.50. The highest BCUT2D eigenvalue weighted by Gasteiger charge is 2.07. The standard InChI is InChI=1S/C9H9N5O2/c10-8(16)7-1-2-14(13-7)9-11-3-6(5-15)4-12-9/h1-4,15H,5H2,(H2,10,16). The molecule has 0 aromatic carbocycles. The van der Waals surface area contributed by atoms with E-state index in [2.05, 4.69) is 15.1 Å². The zero-order valence-electron chi connectivity index (χ0n) is 8.24. The maximum atomic E-state index is 10.8. The molecule has 0 aliphatic heterocycles. The maximum absolute atomic E-state index is 10.8. The number of hydrogen-bond acceptors (Lipinski definition) is 5. The van der Waals surface area contributed by atoms with Gasteiger partial charge in [-0.05, 0) is 6.07 Å². The second kappa shape index (κ2) is 4.07. The normalized spacial score (nSPS) is 10.3. The molecule has 0 unspecified atom stereocenters. The molecule has 7 heteroatoms. The molecule has 2 rings (SSSR count). The average molecular weight is 219 g/mol. The van der Waals surface area contributed by atoms with Gasteiger partial charge in [0.25, 0.3) is 5.91 Å². The summed E-state index contributed by atoms with van der Waals surface area (Å²) in [4.78, 5) is 18.8. The molecule has 7 nitrogen and oxygen atoms in total. The zero-order chi connectivity index (χ0) is 11.5. The van der Waals surface area contributed by atoms with E-state index in [-0.39, 0.29) is 12.3 Å². The molecule has 0 saturated heterocycles. The van der Waals surface area contributed by atoms with E-state index in [0.717, 1.165) is 0 Å². The molecule has 0 spiro atoms. The van der Waals surface area contributed by atoms with Gasteiger partial charge in [0.2, 0.25) is 5.95 Å². The van der Waals surface area contributed by atoms with Crippen LogP contribution in [0.1, 0.15) is 16.1 Å². The molecule has 0 atom stereocenters. The molecule has 0 aliphatic rings. The van der Waals surface area contributed by atoms with Gasteiger partial charge in [-0.1, -0.05) is 0 Å². The number of aliphatic hydroxyl groups excluding tert-OH is 1. The van der Waals surface area contributed by atoms with Crippen LogP contribution in [-0.4, -0.2) is 30.8 Å². The molecule has 3 N–H and O–H groups in total. The Morgan fingerprint density at radius 2 is 2.12 bits per heavy atom. The average Bonchev–Trinajstić information content (AvgIpc) is 2.78. The third-order valence-corrected chi connectivity index (χ3v) is 1.92. The van der Waals surface area contributed by atoms with E-state index >= 15 is 0 Å². The van der Waals surface area contributed by atoms with Crippen LogP contribution in [-0.2, 0) is 6.61 Å². The van der Waals surface area contributed by atoms with Crippen LogP contribution in [0.15, 0.2) is 24.7 Å². The van der Waals surface area contributed by atoms with Gasteiger partial charge < -0.3 is 10.8 Å². The quantitative estimate of drug-likeness (QED) is 0.706. The van der Waals surface area contributed by atoms with Crippen molar-refractivity contribution >= 4 is 5.91 Å². The molecule has 16 heavy (non-hydrogen) atoms. The molecule has 2 heterocycles. The monoisotopic (exact) mass is 219 g/mol. The summed E-state index contributed by atoms with van der Waals surface area (Å²) >= 11 is 0. The Bertz CT molecular complexity index is 505. The van der Waals surface area contributed by atoms with Crippen LogP contribution in [0.5, 0.6) is 0 Å². The predicted octanol–water partition coefficient (Wildman–Crippen LogP) is -0.747. The lowest BCUT2D eigenvalue weighted by atomic mass is 10.4. The highest BCUT2D eigenvalue weighted by atomic mass is 16.3. The number of aliphatic hydroxyl groups is 1. The minimum Gasteiger partial charge on any atom is -0.392 e. The summed E-state index contributed by atoms with van der Waals surface area (Å²) in [5.74, 6) is -0.296. The van der Waals surface area contributed by atoms with Crippen molar-refractivity contribution in [1.82, 2.24) is 19.7 Å². The fourth-order valence-corrected chi connectivity index (χ4v) is 1.11. The summed E-state index contributed by atoms with van der Waals surface area (Å²) < 4.78 is 1.33. The van der Waals surface area contributed by atoms with Crippen LogP contribution >= 0.6 is 0 Å². The number of rotatable bonds is 3. The first-order valence-electron chi connectivity index (χ1n) is 4.48. The van der Waals surface area contributed by atoms with Crippen LogP contribution < -0.4 is 5.73 Å². The van der Waals surface area contributed by atoms with E-state index in [4.69, 9.17) is 10.8 Å². The van der Waals surface area contributed by atoms with Crippen LogP contribution in [0.25, 0.3) is 5.95 Å². The van der Waals surface area contributed by atoms with E-state index in [1.54, 1.807) is 0 Å². The van der Waals surface area contributed by atoms with Crippen molar-refractivity contribution in [2.24, 2.45) is 5.73 Å². The van der Waals surface area contributed by atoms with Gasteiger partial charge in [-0.2, -0.15) is 5.10 Å². The fraction of sp³-hybridized carbons (Fsp3) is 0.111. The topological polar surface area (TPSA) is 107 Å². The number of amides is 1. The summed E-state index contributed by atoms with van der Waals surface area (Å²) in [5.41, 5.74) is 5.81. The second-order valence-corrected chi connectivity index (χ2v) is 3.06. The lowest BCUT2D eigenvalue weighted by Gasteiger charge is -1.99. The Morgan fingerprint density at radius 1 is 1.44 bits per heavy atom. The Morgan fingerprint density at radius 3 is 2.62 bits per heavy atom. The second-order valence-electron chi connectivity index (χ2n) is 3.06. The number of carbonyl (C=O) groups excluding carboxylic acids is 1. The van der Waals surface area contributed by atoms with Gasteiger partial charge in [0, 0.05) is 24.2 Å². The van der Waals surface area contributed by atoms with E-state index in [1.165, 1.54) is 29.3 Å². The van der Waals surface area contributed by atoms with Gasteiger partial charge in [0.05, 0.1) is 6.61 Å². The Balaban J connectivity index is 2.31. The summed E-state index contributed by atoms with van der Waals surface area (Å²) in [7, 11) is 0. The third-order valence-electron chi connectivity index (χ3n) is 1.92. The summed E-state index contributed by atoms with van der Waals surface area (Å²) in [6.45, 7) is -0.119. The maximum Gasteiger partial charge on any atom is 0.269 e. The number of nitrogens with two attached hydrogens (primary N) is 1. The molecular formula is C9H9N5O2. The highest BCUT2D eigenvalue weighted by Crippen LogP contribution is 2.02. The van der Waals surface area contributed by atoms with Crippen molar-refractivity contribution in [1.29, 1.82) is 0 Å². The van der Waals surface area contributed by atoms with Crippen molar-refractivity contribution in [2.45, 2.75) is 6.61 Å². The molecule has 2 aromatic heterocycles. The van der Waals surface area contributed by atoms with Crippen LogP contribution in [0.3, 0.4) is 0 Å². The minimum atomic E-state index is -0.606. The third kappa shape index (κ3) is 1.89.